The number of nitrogens with one attached hydrogen (secondary N) is 2. The lowest BCUT2D eigenvalue weighted by Gasteiger charge is -2.36. The summed E-state index contributed by atoms with van der Waals surface area (Å²) < 4.78 is 29.8. The van der Waals surface area contributed by atoms with Gasteiger partial charge in [0.1, 0.15) is 11.3 Å². The van der Waals surface area contributed by atoms with Gasteiger partial charge in [-0.15, -0.1) is 0 Å². The fourth-order valence-electron chi connectivity index (χ4n) is 4.36. The van der Waals surface area contributed by atoms with Crippen LogP contribution in [0.1, 0.15) is 27.7 Å². The third-order valence-corrected chi connectivity index (χ3v) is 5.50. The largest absolute Gasteiger partial charge is 0.365 e. The number of hydrogen-bond acceptors (Lipinski definition) is 6. The molecular weight excluding hydrogens is 400 g/mol. The summed E-state index contributed by atoms with van der Waals surface area (Å²) in [6, 6.07) is 6.96. The molecule has 4 heterocycles. The fourth-order valence-corrected chi connectivity index (χ4v) is 4.36. The molecule has 0 spiro atoms. The van der Waals surface area contributed by atoms with E-state index in [1.54, 1.807) is 4.40 Å². The van der Waals surface area contributed by atoms with E-state index in [0.29, 0.717) is 45.7 Å². The van der Waals surface area contributed by atoms with E-state index in [9.17, 15) is 8.78 Å². The smallest absolute Gasteiger partial charge is 0.182 e. The van der Waals surface area contributed by atoms with Gasteiger partial charge in [0.2, 0.25) is 0 Å². The van der Waals surface area contributed by atoms with Crippen molar-refractivity contribution >= 4 is 39.5 Å². The summed E-state index contributed by atoms with van der Waals surface area (Å²) in [6.07, 6.45) is 0. The van der Waals surface area contributed by atoms with Gasteiger partial charge in [0.25, 0.3) is 0 Å². The van der Waals surface area contributed by atoms with Gasteiger partial charge in [-0.05, 0) is 39.8 Å². The first-order valence-corrected chi connectivity index (χ1v) is 10.6. The molecule has 1 aromatic carbocycles. The number of pyridine rings is 1. The molecule has 3 aromatic heterocycles. The third kappa shape index (κ3) is 3.42. The first-order valence-electron chi connectivity index (χ1n) is 10.6. The summed E-state index contributed by atoms with van der Waals surface area (Å²) in [5, 5.41) is 6.81. The van der Waals surface area contributed by atoms with E-state index in [-0.39, 0.29) is 6.04 Å². The molecule has 5 rings (SSSR count). The molecule has 31 heavy (non-hydrogen) atoms. The highest BCUT2D eigenvalue weighted by molar-refractivity contribution is 5.91. The molecule has 1 aliphatic rings. The van der Waals surface area contributed by atoms with Crippen molar-refractivity contribution in [3.8, 4) is 0 Å². The van der Waals surface area contributed by atoms with Gasteiger partial charge in [-0.3, -0.25) is 4.40 Å². The van der Waals surface area contributed by atoms with E-state index in [2.05, 4.69) is 34.4 Å². The number of imidazole rings is 1. The van der Waals surface area contributed by atoms with Crippen LogP contribution in [0.4, 0.5) is 20.4 Å². The van der Waals surface area contributed by atoms with Crippen LogP contribution in [-0.2, 0) is 0 Å². The van der Waals surface area contributed by atoms with E-state index >= 15 is 0 Å². The number of fused-ring (bicyclic) bond motifs is 5. The van der Waals surface area contributed by atoms with Crippen LogP contribution in [-0.4, -0.2) is 50.6 Å². The zero-order valence-corrected chi connectivity index (χ0v) is 17.9. The summed E-state index contributed by atoms with van der Waals surface area (Å²) in [4.78, 5) is 16.4. The second-order valence-electron chi connectivity index (χ2n) is 8.67. The minimum atomic E-state index is -0.927. The Bertz CT molecular complexity index is 1290. The monoisotopic (exact) mass is 425 g/mol. The lowest BCUT2D eigenvalue weighted by molar-refractivity contribution is 0.405. The van der Waals surface area contributed by atoms with Gasteiger partial charge in [-0.1, -0.05) is 0 Å². The number of halogens is 2. The maximum absolute atomic E-state index is 14.1. The summed E-state index contributed by atoms with van der Waals surface area (Å²) in [5.74, 6) is -0.467. The summed E-state index contributed by atoms with van der Waals surface area (Å²) in [5.41, 5.74) is 2.53. The maximum Gasteiger partial charge on any atom is 0.182 e. The average Bonchev–Trinajstić information content (AvgIpc) is 3.06. The Balaban J connectivity index is 1.78. The highest BCUT2D eigenvalue weighted by Crippen LogP contribution is 2.29. The van der Waals surface area contributed by atoms with Crippen LogP contribution in [0.2, 0.25) is 0 Å². The SMILES string of the molecule is CC(C)Nc1nc2ccc(N3C[C@@H](C)N[C@@H](C)C3)nc2n2c1nc1cc(F)c(F)cc12. The van der Waals surface area contributed by atoms with Crippen molar-refractivity contribution in [3.63, 3.8) is 0 Å². The molecule has 0 amide bonds. The number of aromatic nitrogens is 4. The molecule has 162 valence electrons. The van der Waals surface area contributed by atoms with E-state index in [4.69, 9.17) is 9.97 Å². The van der Waals surface area contributed by atoms with Gasteiger partial charge >= 0.3 is 0 Å². The highest BCUT2D eigenvalue weighted by Gasteiger charge is 2.23. The van der Waals surface area contributed by atoms with Crippen molar-refractivity contribution in [2.75, 3.05) is 23.3 Å². The number of anilines is 2. The second-order valence-corrected chi connectivity index (χ2v) is 8.67. The Hall–Kier alpha value is -3.07. The number of benzene rings is 1. The molecule has 7 nitrogen and oxygen atoms in total. The molecule has 0 aliphatic carbocycles. The number of nitrogens with zero attached hydrogens (tertiary/aromatic N) is 5. The van der Waals surface area contributed by atoms with Crippen LogP contribution in [0.5, 0.6) is 0 Å². The maximum atomic E-state index is 14.1. The normalized spacial score (nSPS) is 19.8. The molecule has 4 aromatic rings. The minimum Gasteiger partial charge on any atom is -0.365 e. The van der Waals surface area contributed by atoms with Crippen molar-refractivity contribution in [3.05, 3.63) is 35.9 Å². The molecule has 0 unspecified atom stereocenters. The van der Waals surface area contributed by atoms with Crippen molar-refractivity contribution in [2.45, 2.75) is 45.8 Å². The lowest BCUT2D eigenvalue weighted by Crippen LogP contribution is -2.54. The van der Waals surface area contributed by atoms with Gasteiger partial charge in [-0.25, -0.2) is 23.7 Å². The van der Waals surface area contributed by atoms with Gasteiger partial charge in [0.15, 0.2) is 28.7 Å². The van der Waals surface area contributed by atoms with Crippen molar-refractivity contribution in [1.29, 1.82) is 0 Å². The van der Waals surface area contributed by atoms with Crippen LogP contribution in [0.15, 0.2) is 24.3 Å². The van der Waals surface area contributed by atoms with Gasteiger partial charge in [0.05, 0.1) is 11.0 Å². The molecule has 2 atom stereocenters. The fraction of sp³-hybridized carbons (Fsp3) is 0.409. The van der Waals surface area contributed by atoms with Crippen LogP contribution >= 0.6 is 0 Å². The Kier molecular flexibility index (Phi) is 4.65. The predicted octanol–water partition coefficient (Wildman–Crippen LogP) is 3.72. The lowest BCUT2D eigenvalue weighted by atomic mass is 10.1. The molecule has 1 aliphatic heterocycles. The van der Waals surface area contributed by atoms with Crippen LogP contribution in [0.3, 0.4) is 0 Å². The minimum absolute atomic E-state index is 0.109. The van der Waals surface area contributed by atoms with Crippen molar-refractivity contribution in [1.82, 2.24) is 24.7 Å². The Morgan fingerprint density at radius 1 is 0.968 bits per heavy atom. The van der Waals surface area contributed by atoms with Gasteiger partial charge in [-0.2, -0.15) is 0 Å². The molecule has 0 saturated carbocycles. The van der Waals surface area contributed by atoms with Gasteiger partial charge in [0, 0.05) is 43.3 Å². The standard InChI is InChI=1S/C22H25F2N7/c1-11(2)25-20-22-28-17-7-14(23)15(24)8-18(17)31(22)21-16(27-20)5-6-19(29-21)30-9-12(3)26-13(4)10-30/h5-8,11-13,26H,9-10H2,1-4H3,(H,25,27)/t12-,13+. The first-order chi connectivity index (χ1) is 14.8. The van der Waals surface area contributed by atoms with E-state index in [1.807, 2.05) is 26.0 Å². The van der Waals surface area contributed by atoms with Crippen LogP contribution in [0.25, 0.3) is 27.8 Å². The highest BCUT2D eigenvalue weighted by atomic mass is 19.2. The quantitative estimate of drug-likeness (QED) is 0.522. The average molecular weight is 425 g/mol. The molecule has 1 saturated heterocycles. The summed E-state index contributed by atoms with van der Waals surface area (Å²) in [7, 11) is 0. The molecule has 9 heteroatoms. The van der Waals surface area contributed by atoms with Crippen molar-refractivity contribution in [2.24, 2.45) is 0 Å². The van der Waals surface area contributed by atoms with E-state index in [0.717, 1.165) is 25.0 Å². The third-order valence-electron chi connectivity index (χ3n) is 5.50. The second kappa shape index (κ2) is 7.26. The predicted molar refractivity (Wildman–Crippen MR) is 119 cm³/mol. The topological polar surface area (TPSA) is 70.4 Å². The number of hydrogen-bond donors (Lipinski definition) is 2. The summed E-state index contributed by atoms with van der Waals surface area (Å²) >= 11 is 0. The zero-order chi connectivity index (χ0) is 21.9. The molecular formula is C22H25F2N7. The van der Waals surface area contributed by atoms with Crippen LogP contribution in [0, 0.1) is 11.6 Å². The molecule has 0 bridgehead atoms. The van der Waals surface area contributed by atoms with Gasteiger partial charge < -0.3 is 15.5 Å². The zero-order valence-electron chi connectivity index (χ0n) is 17.9. The Labute approximate surface area is 178 Å². The first kappa shape index (κ1) is 19.9. The number of rotatable bonds is 3. The van der Waals surface area contributed by atoms with Crippen LogP contribution < -0.4 is 15.5 Å². The van der Waals surface area contributed by atoms with E-state index < -0.39 is 11.6 Å². The molecule has 1 fully saturated rings. The molecule has 0 radical (unpaired) electrons. The molecule has 2 N–H and O–H groups in total. The number of piperazine rings is 1. The summed E-state index contributed by atoms with van der Waals surface area (Å²) in [6.45, 7) is 9.95. The van der Waals surface area contributed by atoms with E-state index in [1.165, 1.54) is 6.07 Å². The Morgan fingerprint density at radius 3 is 2.39 bits per heavy atom. The Morgan fingerprint density at radius 2 is 1.68 bits per heavy atom. The van der Waals surface area contributed by atoms with Crippen molar-refractivity contribution < 1.29 is 8.78 Å².